The van der Waals surface area contributed by atoms with Gasteiger partial charge in [0.05, 0.1) is 25.7 Å². The molecule has 25 heavy (non-hydrogen) atoms. The molecule has 0 N–H and O–H groups in total. The normalized spacial score (nSPS) is 24.0. The van der Waals surface area contributed by atoms with Crippen LogP contribution in [0.4, 0.5) is 0 Å². The first-order chi connectivity index (χ1) is 12.2. The first-order valence-corrected chi connectivity index (χ1v) is 9.32. The third-order valence-corrected chi connectivity index (χ3v) is 5.25. The zero-order valence-corrected chi connectivity index (χ0v) is 14.9. The molecule has 2 aliphatic rings. The summed E-state index contributed by atoms with van der Waals surface area (Å²) >= 11 is 0. The lowest BCUT2D eigenvalue weighted by Gasteiger charge is -2.29. The van der Waals surface area contributed by atoms with E-state index in [1.165, 1.54) is 5.56 Å². The van der Waals surface area contributed by atoms with E-state index < -0.39 is 0 Å². The SMILES string of the molecule is CCOC(=O)C1CCC(c2cccc(C(=O)N3CCOCC3)c2)CC1. The Hall–Kier alpha value is -1.88. The number of benzene rings is 1. The third kappa shape index (κ3) is 4.40. The molecule has 5 nitrogen and oxygen atoms in total. The predicted octanol–water partition coefficient (Wildman–Crippen LogP) is 3.00. The van der Waals surface area contributed by atoms with Gasteiger partial charge < -0.3 is 14.4 Å². The van der Waals surface area contributed by atoms with E-state index >= 15 is 0 Å². The van der Waals surface area contributed by atoms with Gasteiger partial charge in [-0.25, -0.2) is 0 Å². The smallest absolute Gasteiger partial charge is 0.308 e. The standard InChI is InChI=1S/C20H27NO4/c1-2-25-20(23)16-8-6-15(7-9-16)17-4-3-5-18(14-17)19(22)21-10-12-24-13-11-21/h3-5,14-16H,2,6-13H2,1H3. The van der Waals surface area contributed by atoms with E-state index in [9.17, 15) is 9.59 Å². The highest BCUT2D eigenvalue weighted by Gasteiger charge is 2.28. The molecular formula is C20H27NO4. The molecule has 0 aromatic heterocycles. The summed E-state index contributed by atoms with van der Waals surface area (Å²) in [4.78, 5) is 26.4. The topological polar surface area (TPSA) is 55.8 Å². The Morgan fingerprint density at radius 1 is 1.16 bits per heavy atom. The van der Waals surface area contributed by atoms with Crippen LogP contribution < -0.4 is 0 Å². The predicted molar refractivity (Wildman–Crippen MR) is 94.5 cm³/mol. The molecule has 1 saturated carbocycles. The first-order valence-electron chi connectivity index (χ1n) is 9.32. The highest BCUT2D eigenvalue weighted by molar-refractivity contribution is 5.94. The molecule has 1 aliphatic heterocycles. The van der Waals surface area contributed by atoms with Crippen molar-refractivity contribution in [2.45, 2.75) is 38.5 Å². The maximum atomic E-state index is 12.7. The Morgan fingerprint density at radius 3 is 2.56 bits per heavy atom. The maximum Gasteiger partial charge on any atom is 0.308 e. The molecule has 1 heterocycles. The second-order valence-electron chi connectivity index (χ2n) is 6.83. The van der Waals surface area contributed by atoms with Crippen LogP contribution in [0.25, 0.3) is 0 Å². The van der Waals surface area contributed by atoms with E-state index in [0.29, 0.717) is 38.8 Å². The number of carbonyl (C=O) groups is 2. The summed E-state index contributed by atoms with van der Waals surface area (Å²) in [5.41, 5.74) is 1.97. The quantitative estimate of drug-likeness (QED) is 0.787. The fourth-order valence-electron chi connectivity index (χ4n) is 3.80. The molecule has 5 heteroatoms. The molecule has 1 saturated heterocycles. The van der Waals surface area contributed by atoms with Crippen LogP contribution in [0.5, 0.6) is 0 Å². The van der Waals surface area contributed by atoms with Crippen molar-refractivity contribution < 1.29 is 19.1 Å². The Bertz CT molecular complexity index is 601. The van der Waals surface area contributed by atoms with Crippen LogP contribution in [-0.2, 0) is 14.3 Å². The molecule has 1 aromatic rings. The fraction of sp³-hybridized carbons (Fsp3) is 0.600. The van der Waals surface area contributed by atoms with Crippen molar-refractivity contribution in [3.05, 3.63) is 35.4 Å². The average molecular weight is 345 g/mol. The van der Waals surface area contributed by atoms with Crippen molar-refractivity contribution in [3.63, 3.8) is 0 Å². The van der Waals surface area contributed by atoms with Crippen LogP contribution >= 0.6 is 0 Å². The summed E-state index contributed by atoms with van der Waals surface area (Å²) in [6.45, 7) is 4.85. The molecule has 1 aromatic carbocycles. The number of esters is 1. The molecule has 2 fully saturated rings. The Labute approximate surface area is 149 Å². The lowest BCUT2D eigenvalue weighted by molar-refractivity contribution is -0.149. The number of amides is 1. The van der Waals surface area contributed by atoms with E-state index in [1.54, 1.807) is 0 Å². The zero-order chi connectivity index (χ0) is 17.6. The van der Waals surface area contributed by atoms with Crippen LogP contribution in [0.1, 0.15) is 54.4 Å². The van der Waals surface area contributed by atoms with E-state index in [2.05, 4.69) is 6.07 Å². The maximum absolute atomic E-state index is 12.7. The minimum absolute atomic E-state index is 0.0364. The van der Waals surface area contributed by atoms with Gasteiger partial charge in [0, 0.05) is 18.7 Å². The monoisotopic (exact) mass is 345 g/mol. The number of ether oxygens (including phenoxy) is 2. The highest BCUT2D eigenvalue weighted by Crippen LogP contribution is 2.36. The highest BCUT2D eigenvalue weighted by atomic mass is 16.5. The van der Waals surface area contributed by atoms with Crippen molar-refractivity contribution in [2.24, 2.45) is 5.92 Å². The Morgan fingerprint density at radius 2 is 1.88 bits per heavy atom. The van der Waals surface area contributed by atoms with Gasteiger partial charge in [-0.15, -0.1) is 0 Å². The van der Waals surface area contributed by atoms with Crippen LogP contribution in [-0.4, -0.2) is 49.7 Å². The summed E-state index contributed by atoms with van der Waals surface area (Å²) in [6, 6.07) is 8.00. The minimum Gasteiger partial charge on any atom is -0.466 e. The summed E-state index contributed by atoms with van der Waals surface area (Å²) in [7, 11) is 0. The summed E-state index contributed by atoms with van der Waals surface area (Å²) in [6.07, 6.45) is 3.67. The van der Waals surface area contributed by atoms with Crippen molar-refractivity contribution >= 4 is 11.9 Å². The average Bonchev–Trinajstić information content (AvgIpc) is 2.68. The van der Waals surface area contributed by atoms with Gasteiger partial charge >= 0.3 is 5.97 Å². The minimum atomic E-state index is -0.0582. The lowest BCUT2D eigenvalue weighted by Crippen LogP contribution is -2.40. The molecular weight excluding hydrogens is 318 g/mol. The summed E-state index contributed by atoms with van der Waals surface area (Å²) in [5.74, 6) is 0.486. The molecule has 0 radical (unpaired) electrons. The van der Waals surface area contributed by atoms with Gasteiger partial charge in [0.25, 0.3) is 5.91 Å². The van der Waals surface area contributed by atoms with Gasteiger partial charge in [-0.2, -0.15) is 0 Å². The number of hydrogen-bond acceptors (Lipinski definition) is 4. The molecule has 0 spiro atoms. The van der Waals surface area contributed by atoms with Crippen LogP contribution in [0.15, 0.2) is 24.3 Å². The molecule has 0 bridgehead atoms. The number of rotatable bonds is 4. The van der Waals surface area contributed by atoms with Crippen molar-refractivity contribution in [2.75, 3.05) is 32.9 Å². The van der Waals surface area contributed by atoms with Gasteiger partial charge in [-0.3, -0.25) is 9.59 Å². The molecule has 0 unspecified atom stereocenters. The van der Waals surface area contributed by atoms with E-state index in [4.69, 9.17) is 9.47 Å². The number of nitrogens with zero attached hydrogens (tertiary/aromatic N) is 1. The van der Waals surface area contributed by atoms with Gasteiger partial charge in [-0.1, -0.05) is 12.1 Å². The zero-order valence-electron chi connectivity index (χ0n) is 14.9. The third-order valence-electron chi connectivity index (χ3n) is 5.25. The van der Waals surface area contributed by atoms with Gasteiger partial charge in [0.2, 0.25) is 0 Å². The molecule has 1 amide bonds. The van der Waals surface area contributed by atoms with Crippen molar-refractivity contribution in [3.8, 4) is 0 Å². The van der Waals surface area contributed by atoms with Crippen LogP contribution in [0.3, 0.4) is 0 Å². The van der Waals surface area contributed by atoms with Gasteiger partial charge in [0.15, 0.2) is 0 Å². The fourth-order valence-corrected chi connectivity index (χ4v) is 3.80. The molecule has 136 valence electrons. The lowest BCUT2D eigenvalue weighted by atomic mass is 9.78. The number of morpholine rings is 1. The van der Waals surface area contributed by atoms with Crippen molar-refractivity contribution in [1.82, 2.24) is 4.90 Å². The first kappa shape index (κ1) is 17.9. The van der Waals surface area contributed by atoms with Crippen LogP contribution in [0, 0.1) is 5.92 Å². The van der Waals surface area contributed by atoms with E-state index in [0.717, 1.165) is 31.2 Å². The van der Waals surface area contributed by atoms with E-state index in [-0.39, 0.29) is 17.8 Å². The second-order valence-corrected chi connectivity index (χ2v) is 6.83. The molecule has 1 aliphatic carbocycles. The Balaban J connectivity index is 1.62. The summed E-state index contributed by atoms with van der Waals surface area (Å²) in [5, 5.41) is 0. The summed E-state index contributed by atoms with van der Waals surface area (Å²) < 4.78 is 10.5. The van der Waals surface area contributed by atoms with Crippen molar-refractivity contribution in [1.29, 1.82) is 0 Å². The largest absolute Gasteiger partial charge is 0.466 e. The number of carbonyl (C=O) groups excluding carboxylic acids is 2. The number of hydrogen-bond donors (Lipinski definition) is 0. The second kappa shape index (κ2) is 8.48. The van der Waals surface area contributed by atoms with Gasteiger partial charge in [0.1, 0.15) is 0 Å². The van der Waals surface area contributed by atoms with Gasteiger partial charge in [-0.05, 0) is 56.2 Å². The molecule has 0 atom stereocenters. The molecule has 3 rings (SSSR count). The van der Waals surface area contributed by atoms with E-state index in [1.807, 2.05) is 30.0 Å². The Kier molecular flexibility index (Phi) is 6.08. The van der Waals surface area contributed by atoms with Crippen LogP contribution in [0.2, 0.25) is 0 Å².